The number of likely N-dealkylation sites (N-methyl/N-ethyl adjacent to an activating group) is 1. The average Bonchev–Trinajstić information content (AvgIpc) is 2.64. The maximum atomic E-state index is 13.0. The normalized spacial score (nSPS) is 10.6. The van der Waals surface area contributed by atoms with Crippen molar-refractivity contribution in [1.29, 1.82) is 0 Å². The van der Waals surface area contributed by atoms with Gasteiger partial charge in [-0.05, 0) is 31.8 Å². The first-order valence-electron chi connectivity index (χ1n) is 8.77. The fourth-order valence-corrected chi connectivity index (χ4v) is 2.61. The van der Waals surface area contributed by atoms with Crippen LogP contribution in [0.4, 0.5) is 5.69 Å². The first-order valence-corrected chi connectivity index (χ1v) is 8.77. The molecular weight excluding hydrogens is 326 g/mol. The van der Waals surface area contributed by atoms with Gasteiger partial charge in [0.2, 0.25) is 11.8 Å². The van der Waals surface area contributed by atoms with Gasteiger partial charge in [-0.1, -0.05) is 48.5 Å². The second kappa shape index (κ2) is 9.73. The first-order chi connectivity index (χ1) is 12.5. The molecule has 0 aliphatic carbocycles. The summed E-state index contributed by atoms with van der Waals surface area (Å²) >= 11 is 0. The van der Waals surface area contributed by atoms with Crippen LogP contribution < -0.4 is 4.90 Å². The molecule has 0 spiro atoms. The molecule has 0 atom stereocenters. The molecule has 0 aliphatic rings. The summed E-state index contributed by atoms with van der Waals surface area (Å²) in [6.07, 6.45) is 0. The largest absolute Gasteiger partial charge is 0.332 e. The highest BCUT2D eigenvalue weighted by molar-refractivity contribution is 5.96. The summed E-state index contributed by atoms with van der Waals surface area (Å²) in [4.78, 5) is 30.3. The maximum absolute atomic E-state index is 13.0. The van der Waals surface area contributed by atoms with Gasteiger partial charge in [0.1, 0.15) is 6.54 Å². The summed E-state index contributed by atoms with van der Waals surface area (Å²) in [5.74, 6) is -0.179. The van der Waals surface area contributed by atoms with E-state index in [4.69, 9.17) is 0 Å². The number of carbonyl (C=O) groups excluding carboxylic acids is 2. The average molecular weight is 353 g/mol. The van der Waals surface area contributed by atoms with Crippen molar-refractivity contribution in [3.63, 3.8) is 0 Å². The molecule has 5 nitrogen and oxygen atoms in total. The Morgan fingerprint density at radius 2 is 1.42 bits per heavy atom. The van der Waals surface area contributed by atoms with E-state index in [9.17, 15) is 9.59 Å². The van der Waals surface area contributed by atoms with Crippen molar-refractivity contribution in [3.8, 4) is 0 Å². The smallest absolute Gasteiger partial charge is 0.246 e. The minimum atomic E-state index is -0.0899. The molecular formula is C21H27N3O2. The quantitative estimate of drug-likeness (QED) is 0.733. The third-order valence-electron chi connectivity index (χ3n) is 4.14. The molecule has 138 valence electrons. The van der Waals surface area contributed by atoms with Crippen LogP contribution in [-0.2, 0) is 16.1 Å². The molecule has 0 N–H and O–H groups in total. The Bertz CT molecular complexity index is 702. The minimum Gasteiger partial charge on any atom is -0.332 e. The Balaban J connectivity index is 2.18. The van der Waals surface area contributed by atoms with Gasteiger partial charge in [0, 0.05) is 25.7 Å². The molecule has 0 radical (unpaired) electrons. The van der Waals surface area contributed by atoms with Crippen LogP contribution in [0.2, 0.25) is 0 Å². The second-order valence-corrected chi connectivity index (χ2v) is 6.54. The van der Waals surface area contributed by atoms with Crippen LogP contribution in [0.1, 0.15) is 12.5 Å². The number of nitrogens with zero attached hydrogens (tertiary/aromatic N) is 3. The molecule has 5 heteroatoms. The molecule has 0 aromatic heterocycles. The number of carbonyl (C=O) groups is 2. The highest BCUT2D eigenvalue weighted by atomic mass is 16.2. The third-order valence-corrected chi connectivity index (χ3v) is 4.14. The van der Waals surface area contributed by atoms with Crippen molar-refractivity contribution in [1.82, 2.24) is 9.80 Å². The SMILES string of the molecule is CC(=O)N(CCN(C)C)CC(=O)N(Cc1ccccc1)c1ccccc1. The molecule has 26 heavy (non-hydrogen) atoms. The molecule has 2 rings (SSSR count). The van der Waals surface area contributed by atoms with Crippen molar-refractivity contribution < 1.29 is 9.59 Å². The van der Waals surface area contributed by atoms with E-state index in [0.717, 1.165) is 17.8 Å². The Labute approximate surface area is 155 Å². The zero-order valence-electron chi connectivity index (χ0n) is 15.8. The van der Waals surface area contributed by atoms with E-state index in [1.54, 1.807) is 9.80 Å². The zero-order valence-corrected chi connectivity index (χ0v) is 15.8. The Morgan fingerprint density at radius 3 is 1.96 bits per heavy atom. The fraction of sp³-hybridized carbons (Fsp3) is 0.333. The fourth-order valence-electron chi connectivity index (χ4n) is 2.61. The molecule has 0 saturated carbocycles. The topological polar surface area (TPSA) is 43.9 Å². The number of hydrogen-bond donors (Lipinski definition) is 0. The molecule has 2 aromatic carbocycles. The number of hydrogen-bond acceptors (Lipinski definition) is 3. The molecule has 0 aliphatic heterocycles. The van der Waals surface area contributed by atoms with E-state index in [1.807, 2.05) is 79.7 Å². The van der Waals surface area contributed by atoms with Crippen LogP contribution in [0.15, 0.2) is 60.7 Å². The van der Waals surface area contributed by atoms with Crippen molar-refractivity contribution in [3.05, 3.63) is 66.2 Å². The van der Waals surface area contributed by atoms with E-state index in [0.29, 0.717) is 13.1 Å². The standard InChI is InChI=1S/C21H27N3O2/c1-18(25)23(15-14-22(2)3)17-21(26)24(20-12-8-5-9-13-20)16-19-10-6-4-7-11-19/h4-13H,14-17H2,1-3H3. The third kappa shape index (κ3) is 6.01. The van der Waals surface area contributed by atoms with Crippen LogP contribution in [0.25, 0.3) is 0 Å². The lowest BCUT2D eigenvalue weighted by Crippen LogP contribution is -2.44. The van der Waals surface area contributed by atoms with Crippen molar-refractivity contribution in [2.75, 3.05) is 38.6 Å². The number of amides is 2. The van der Waals surface area contributed by atoms with Crippen LogP contribution >= 0.6 is 0 Å². The van der Waals surface area contributed by atoms with Gasteiger partial charge in [0.15, 0.2) is 0 Å². The first kappa shape index (κ1) is 19.7. The predicted molar refractivity (Wildman–Crippen MR) is 105 cm³/mol. The molecule has 0 unspecified atom stereocenters. The Morgan fingerprint density at radius 1 is 0.846 bits per heavy atom. The summed E-state index contributed by atoms with van der Waals surface area (Å²) in [5, 5.41) is 0. The van der Waals surface area contributed by atoms with Gasteiger partial charge in [0.25, 0.3) is 0 Å². The molecule has 2 amide bonds. The summed E-state index contributed by atoms with van der Waals surface area (Å²) in [6, 6.07) is 19.5. The molecule has 2 aromatic rings. The summed E-state index contributed by atoms with van der Waals surface area (Å²) in [6.45, 7) is 3.31. The van der Waals surface area contributed by atoms with Crippen LogP contribution in [-0.4, -0.2) is 55.3 Å². The summed E-state index contributed by atoms with van der Waals surface area (Å²) in [7, 11) is 3.90. The highest BCUT2D eigenvalue weighted by Gasteiger charge is 2.20. The van der Waals surface area contributed by atoms with E-state index >= 15 is 0 Å². The molecule has 0 saturated heterocycles. The number of rotatable bonds is 8. The number of para-hydroxylation sites is 1. The summed E-state index contributed by atoms with van der Waals surface area (Å²) < 4.78 is 0. The molecule has 0 bridgehead atoms. The van der Waals surface area contributed by atoms with Crippen LogP contribution in [0, 0.1) is 0 Å². The number of benzene rings is 2. The van der Waals surface area contributed by atoms with Gasteiger partial charge < -0.3 is 14.7 Å². The van der Waals surface area contributed by atoms with Crippen molar-refractivity contribution in [2.45, 2.75) is 13.5 Å². The maximum Gasteiger partial charge on any atom is 0.246 e. The van der Waals surface area contributed by atoms with Gasteiger partial charge in [0.05, 0.1) is 6.54 Å². The van der Waals surface area contributed by atoms with Gasteiger partial charge >= 0.3 is 0 Å². The van der Waals surface area contributed by atoms with Gasteiger partial charge in [-0.2, -0.15) is 0 Å². The predicted octanol–water partition coefficient (Wildman–Crippen LogP) is 2.63. The molecule has 0 fully saturated rings. The monoisotopic (exact) mass is 353 g/mol. The van der Waals surface area contributed by atoms with E-state index < -0.39 is 0 Å². The van der Waals surface area contributed by atoms with E-state index in [1.165, 1.54) is 6.92 Å². The summed E-state index contributed by atoms with van der Waals surface area (Å²) in [5.41, 5.74) is 1.88. The lowest BCUT2D eigenvalue weighted by molar-refractivity contribution is -0.133. The van der Waals surface area contributed by atoms with Gasteiger partial charge in [-0.15, -0.1) is 0 Å². The van der Waals surface area contributed by atoms with Crippen LogP contribution in [0.5, 0.6) is 0 Å². The van der Waals surface area contributed by atoms with E-state index in [-0.39, 0.29) is 18.4 Å². The number of anilines is 1. The van der Waals surface area contributed by atoms with Crippen molar-refractivity contribution in [2.24, 2.45) is 0 Å². The Hall–Kier alpha value is -2.66. The van der Waals surface area contributed by atoms with Crippen molar-refractivity contribution >= 4 is 17.5 Å². The van der Waals surface area contributed by atoms with Gasteiger partial charge in [-0.3, -0.25) is 9.59 Å². The van der Waals surface area contributed by atoms with Gasteiger partial charge in [-0.25, -0.2) is 0 Å². The minimum absolute atomic E-state index is 0.0743. The zero-order chi connectivity index (χ0) is 18.9. The van der Waals surface area contributed by atoms with E-state index in [2.05, 4.69) is 0 Å². The Kier molecular flexibility index (Phi) is 7.36. The lowest BCUT2D eigenvalue weighted by atomic mass is 10.2. The van der Waals surface area contributed by atoms with Crippen LogP contribution in [0.3, 0.4) is 0 Å². The second-order valence-electron chi connectivity index (χ2n) is 6.54. The lowest BCUT2D eigenvalue weighted by Gasteiger charge is -2.28. The molecule has 0 heterocycles. The highest BCUT2D eigenvalue weighted by Crippen LogP contribution is 2.17.